The quantitative estimate of drug-likeness (QED) is 0.765. The molecule has 2 N–H and O–H groups in total. The van der Waals surface area contributed by atoms with Crippen molar-refractivity contribution >= 4 is 22.6 Å². The molecule has 0 radical (unpaired) electrons. The Hall–Kier alpha value is -2.56. The maximum atomic E-state index is 11.9. The van der Waals surface area contributed by atoms with E-state index in [4.69, 9.17) is 4.42 Å². The van der Waals surface area contributed by atoms with E-state index in [0.717, 1.165) is 22.5 Å². The van der Waals surface area contributed by atoms with Gasteiger partial charge in [0.25, 0.3) is 5.91 Å². The van der Waals surface area contributed by atoms with Crippen LogP contribution >= 0.6 is 0 Å². The molecule has 1 aliphatic carbocycles. The van der Waals surface area contributed by atoms with Crippen molar-refractivity contribution in [2.75, 3.05) is 5.32 Å². The van der Waals surface area contributed by atoms with Crippen molar-refractivity contribution < 1.29 is 9.21 Å². The zero-order valence-electron chi connectivity index (χ0n) is 10.7. The lowest BCUT2D eigenvalue weighted by atomic mass is 10.2. The van der Waals surface area contributed by atoms with Gasteiger partial charge in [0.15, 0.2) is 5.76 Å². The molecule has 0 bridgehead atoms. The Kier molecular flexibility index (Phi) is 2.39. The lowest BCUT2D eigenvalue weighted by Gasteiger charge is -2.02. The van der Waals surface area contributed by atoms with Crippen LogP contribution in [0.1, 0.15) is 35.1 Å². The van der Waals surface area contributed by atoms with Crippen LogP contribution in [-0.2, 0) is 0 Å². The molecule has 5 nitrogen and oxygen atoms in total. The Morgan fingerprint density at radius 3 is 3.00 bits per heavy atom. The number of benzene rings is 1. The summed E-state index contributed by atoms with van der Waals surface area (Å²) in [5.41, 5.74) is 2.61. The van der Waals surface area contributed by atoms with Crippen LogP contribution in [0.2, 0.25) is 0 Å². The number of imidazole rings is 1. The molecule has 1 fully saturated rings. The van der Waals surface area contributed by atoms with Crippen molar-refractivity contribution in [3.05, 3.63) is 48.2 Å². The molecule has 0 spiro atoms. The predicted molar refractivity (Wildman–Crippen MR) is 74.7 cm³/mol. The molecular formula is C15H13N3O2. The van der Waals surface area contributed by atoms with Gasteiger partial charge in [-0.15, -0.1) is 0 Å². The highest BCUT2D eigenvalue weighted by molar-refractivity contribution is 6.03. The molecule has 4 rings (SSSR count). The molecule has 2 aromatic heterocycles. The maximum absolute atomic E-state index is 11.9. The van der Waals surface area contributed by atoms with Gasteiger partial charge in [0.1, 0.15) is 5.82 Å². The molecule has 1 saturated carbocycles. The second-order valence-corrected chi connectivity index (χ2v) is 5.06. The van der Waals surface area contributed by atoms with Crippen LogP contribution in [-0.4, -0.2) is 15.9 Å². The van der Waals surface area contributed by atoms with Gasteiger partial charge in [-0.25, -0.2) is 4.98 Å². The Morgan fingerprint density at radius 1 is 1.35 bits per heavy atom. The number of nitrogens with one attached hydrogen (secondary N) is 2. The number of H-pyrrole nitrogens is 1. The molecule has 0 atom stereocenters. The first-order chi connectivity index (χ1) is 9.79. The number of nitrogens with zero attached hydrogens (tertiary/aromatic N) is 1. The van der Waals surface area contributed by atoms with Crippen molar-refractivity contribution in [1.82, 2.24) is 9.97 Å². The molecule has 3 aromatic rings. The van der Waals surface area contributed by atoms with Crippen LogP contribution in [0, 0.1) is 0 Å². The zero-order valence-corrected chi connectivity index (χ0v) is 10.7. The largest absolute Gasteiger partial charge is 0.459 e. The summed E-state index contributed by atoms with van der Waals surface area (Å²) in [5.74, 6) is 1.68. The van der Waals surface area contributed by atoms with E-state index in [0.29, 0.717) is 11.7 Å². The summed E-state index contributed by atoms with van der Waals surface area (Å²) in [6.07, 6.45) is 3.90. The molecular weight excluding hydrogens is 254 g/mol. The number of hydrogen-bond donors (Lipinski definition) is 2. The van der Waals surface area contributed by atoms with Crippen molar-refractivity contribution in [2.24, 2.45) is 0 Å². The number of carbonyl (C=O) groups excluding carboxylic acids is 1. The first kappa shape index (κ1) is 11.3. The molecule has 0 saturated heterocycles. The first-order valence-electron chi connectivity index (χ1n) is 6.64. The van der Waals surface area contributed by atoms with E-state index in [1.54, 1.807) is 12.1 Å². The highest BCUT2D eigenvalue weighted by Gasteiger charge is 2.26. The highest BCUT2D eigenvalue weighted by Crippen LogP contribution is 2.39. The van der Waals surface area contributed by atoms with Gasteiger partial charge >= 0.3 is 0 Å². The van der Waals surface area contributed by atoms with Gasteiger partial charge in [-0.3, -0.25) is 4.79 Å². The van der Waals surface area contributed by atoms with Gasteiger partial charge < -0.3 is 14.7 Å². The number of anilines is 1. The molecule has 1 aromatic carbocycles. The van der Waals surface area contributed by atoms with Crippen molar-refractivity contribution in [3.8, 4) is 0 Å². The Labute approximate surface area is 115 Å². The number of furan rings is 1. The number of amides is 1. The summed E-state index contributed by atoms with van der Waals surface area (Å²) >= 11 is 0. The molecule has 2 heterocycles. The third kappa shape index (κ3) is 1.97. The number of hydrogen-bond acceptors (Lipinski definition) is 3. The van der Waals surface area contributed by atoms with Crippen LogP contribution < -0.4 is 5.32 Å². The van der Waals surface area contributed by atoms with Gasteiger partial charge in [-0.1, -0.05) is 0 Å². The van der Waals surface area contributed by atoms with Crippen LogP contribution in [0.5, 0.6) is 0 Å². The fourth-order valence-electron chi connectivity index (χ4n) is 2.26. The van der Waals surface area contributed by atoms with E-state index in [9.17, 15) is 4.79 Å². The zero-order chi connectivity index (χ0) is 13.5. The lowest BCUT2D eigenvalue weighted by Crippen LogP contribution is -2.10. The minimum Gasteiger partial charge on any atom is -0.459 e. The summed E-state index contributed by atoms with van der Waals surface area (Å²) in [7, 11) is 0. The topological polar surface area (TPSA) is 70.9 Å². The highest BCUT2D eigenvalue weighted by atomic mass is 16.3. The van der Waals surface area contributed by atoms with E-state index in [1.807, 2.05) is 18.2 Å². The van der Waals surface area contributed by atoms with Crippen molar-refractivity contribution in [3.63, 3.8) is 0 Å². The van der Waals surface area contributed by atoms with Gasteiger partial charge in [0, 0.05) is 11.6 Å². The smallest absolute Gasteiger partial charge is 0.291 e. The fourth-order valence-corrected chi connectivity index (χ4v) is 2.26. The number of carbonyl (C=O) groups is 1. The second kappa shape index (κ2) is 4.23. The Bertz CT molecular complexity index is 770. The minimum absolute atomic E-state index is 0.253. The second-order valence-electron chi connectivity index (χ2n) is 5.06. The minimum atomic E-state index is -0.253. The van der Waals surface area contributed by atoms with E-state index >= 15 is 0 Å². The molecule has 0 unspecified atom stereocenters. The average molecular weight is 267 g/mol. The summed E-state index contributed by atoms with van der Waals surface area (Å²) in [4.78, 5) is 19.8. The molecule has 20 heavy (non-hydrogen) atoms. The summed E-state index contributed by atoms with van der Waals surface area (Å²) in [6, 6.07) is 8.98. The third-order valence-electron chi connectivity index (χ3n) is 3.47. The Morgan fingerprint density at radius 2 is 2.25 bits per heavy atom. The van der Waals surface area contributed by atoms with Crippen molar-refractivity contribution in [2.45, 2.75) is 18.8 Å². The monoisotopic (exact) mass is 267 g/mol. The van der Waals surface area contributed by atoms with Crippen molar-refractivity contribution in [1.29, 1.82) is 0 Å². The number of aromatic amines is 1. The first-order valence-corrected chi connectivity index (χ1v) is 6.64. The fraction of sp³-hybridized carbons (Fsp3) is 0.200. The van der Waals surface area contributed by atoms with Gasteiger partial charge in [-0.05, 0) is 43.2 Å². The molecule has 100 valence electrons. The third-order valence-corrected chi connectivity index (χ3v) is 3.47. The maximum Gasteiger partial charge on any atom is 0.291 e. The number of rotatable bonds is 3. The normalized spacial score (nSPS) is 14.6. The predicted octanol–water partition coefficient (Wildman–Crippen LogP) is 3.29. The molecule has 1 amide bonds. The molecule has 5 heteroatoms. The standard InChI is InChI=1S/C15H13N3O2/c19-15(13-2-1-7-20-13)16-10-5-6-11-12(8-10)18-14(17-11)9-3-4-9/h1-2,5-9H,3-4H2,(H,16,19)(H,17,18). The van der Waals surface area contributed by atoms with Crippen LogP contribution in [0.15, 0.2) is 41.0 Å². The van der Waals surface area contributed by atoms with Gasteiger partial charge in [0.05, 0.1) is 17.3 Å². The SMILES string of the molecule is O=C(Nc1ccc2nc(C3CC3)[nH]c2c1)c1ccco1. The Balaban J connectivity index is 1.61. The van der Waals surface area contributed by atoms with Crippen LogP contribution in [0.4, 0.5) is 5.69 Å². The summed E-state index contributed by atoms with van der Waals surface area (Å²) in [5, 5.41) is 2.81. The van der Waals surface area contributed by atoms with Gasteiger partial charge in [0.2, 0.25) is 0 Å². The molecule has 1 aliphatic rings. The average Bonchev–Trinajstić information content (AvgIpc) is 3.00. The number of aromatic nitrogens is 2. The van der Waals surface area contributed by atoms with E-state index in [-0.39, 0.29) is 5.91 Å². The summed E-state index contributed by atoms with van der Waals surface area (Å²) in [6.45, 7) is 0. The van der Waals surface area contributed by atoms with Crippen LogP contribution in [0.3, 0.4) is 0 Å². The van der Waals surface area contributed by atoms with Gasteiger partial charge in [-0.2, -0.15) is 0 Å². The van der Waals surface area contributed by atoms with E-state index in [2.05, 4.69) is 15.3 Å². The van der Waals surface area contributed by atoms with E-state index in [1.165, 1.54) is 19.1 Å². The van der Waals surface area contributed by atoms with Crippen LogP contribution in [0.25, 0.3) is 11.0 Å². The lowest BCUT2D eigenvalue weighted by molar-refractivity contribution is 0.0996. The number of fused-ring (bicyclic) bond motifs is 1. The molecule has 0 aliphatic heterocycles. The van der Waals surface area contributed by atoms with E-state index < -0.39 is 0 Å². The summed E-state index contributed by atoms with van der Waals surface area (Å²) < 4.78 is 5.07.